The monoisotopic (exact) mass is 280 g/mol. The molecule has 21 heavy (non-hydrogen) atoms. The van der Waals surface area contributed by atoms with Crippen LogP contribution in [-0.4, -0.2) is 11.1 Å². The number of carboxylic acids is 1. The Morgan fingerprint density at radius 3 is 2.62 bits per heavy atom. The van der Waals surface area contributed by atoms with Gasteiger partial charge in [0.25, 0.3) is 0 Å². The van der Waals surface area contributed by atoms with Crippen LogP contribution < -0.4 is 0 Å². The van der Waals surface area contributed by atoms with Crippen LogP contribution in [0.3, 0.4) is 0 Å². The third-order valence-corrected chi connectivity index (χ3v) is 4.84. The van der Waals surface area contributed by atoms with Gasteiger partial charge in [0, 0.05) is 0 Å². The standard InChI is InChI=1S/C19H20O2/c1-13-7-8-15(11-14(13)2)12-19(18(20)21)10-9-16-5-3-4-6-17(16)19/h3-8,11H,9-10,12H2,1-2H3,(H,20,21). The molecule has 1 N–H and O–H groups in total. The van der Waals surface area contributed by atoms with E-state index in [0.29, 0.717) is 12.8 Å². The number of carboxylic acid groups (broad SMARTS) is 1. The topological polar surface area (TPSA) is 37.3 Å². The van der Waals surface area contributed by atoms with Crippen LogP contribution in [0.1, 0.15) is 34.2 Å². The normalized spacial score (nSPS) is 20.3. The number of carbonyl (C=O) groups is 1. The first-order valence-electron chi connectivity index (χ1n) is 7.41. The highest BCUT2D eigenvalue weighted by atomic mass is 16.4. The van der Waals surface area contributed by atoms with Gasteiger partial charge in [0.15, 0.2) is 0 Å². The molecular weight excluding hydrogens is 260 g/mol. The van der Waals surface area contributed by atoms with E-state index in [9.17, 15) is 9.90 Å². The predicted molar refractivity (Wildman–Crippen MR) is 83.7 cm³/mol. The second kappa shape index (κ2) is 5.03. The fraction of sp³-hybridized carbons (Fsp3) is 0.316. The number of benzene rings is 2. The second-order valence-corrected chi connectivity index (χ2v) is 6.14. The van der Waals surface area contributed by atoms with Crippen molar-refractivity contribution in [2.75, 3.05) is 0 Å². The van der Waals surface area contributed by atoms with Gasteiger partial charge in [0.05, 0.1) is 5.41 Å². The lowest BCUT2D eigenvalue weighted by atomic mass is 9.76. The molecule has 0 aliphatic heterocycles. The van der Waals surface area contributed by atoms with E-state index in [1.807, 2.05) is 18.2 Å². The Hall–Kier alpha value is -2.09. The zero-order valence-corrected chi connectivity index (χ0v) is 12.5. The smallest absolute Gasteiger partial charge is 0.314 e. The Labute approximate surface area is 125 Å². The molecule has 2 heteroatoms. The minimum atomic E-state index is -0.766. The molecule has 0 radical (unpaired) electrons. The van der Waals surface area contributed by atoms with Crippen LogP contribution in [-0.2, 0) is 23.1 Å². The van der Waals surface area contributed by atoms with Crippen LogP contribution in [0.4, 0.5) is 0 Å². The van der Waals surface area contributed by atoms with E-state index in [1.165, 1.54) is 16.7 Å². The zero-order chi connectivity index (χ0) is 15.0. The maximum Gasteiger partial charge on any atom is 0.314 e. The van der Waals surface area contributed by atoms with E-state index < -0.39 is 11.4 Å². The number of aryl methyl sites for hydroxylation is 3. The largest absolute Gasteiger partial charge is 0.481 e. The van der Waals surface area contributed by atoms with E-state index >= 15 is 0 Å². The van der Waals surface area contributed by atoms with Gasteiger partial charge in [0.2, 0.25) is 0 Å². The molecule has 0 amide bonds. The molecule has 0 spiro atoms. The van der Waals surface area contributed by atoms with Crippen molar-refractivity contribution in [2.45, 2.75) is 38.5 Å². The van der Waals surface area contributed by atoms with Gasteiger partial charge in [-0.25, -0.2) is 0 Å². The van der Waals surface area contributed by atoms with E-state index in [-0.39, 0.29) is 0 Å². The molecule has 1 aliphatic carbocycles. The summed E-state index contributed by atoms with van der Waals surface area (Å²) in [6.07, 6.45) is 2.11. The summed E-state index contributed by atoms with van der Waals surface area (Å²) in [6, 6.07) is 14.3. The van der Waals surface area contributed by atoms with Gasteiger partial charge in [-0.3, -0.25) is 4.79 Å². The number of hydrogen-bond donors (Lipinski definition) is 1. The summed E-state index contributed by atoms with van der Waals surface area (Å²) in [5.74, 6) is -0.703. The fourth-order valence-electron chi connectivity index (χ4n) is 3.43. The Kier molecular flexibility index (Phi) is 3.32. The highest BCUT2D eigenvalue weighted by molar-refractivity contribution is 5.83. The van der Waals surface area contributed by atoms with Crippen LogP contribution in [0, 0.1) is 13.8 Å². The molecule has 2 nitrogen and oxygen atoms in total. The highest BCUT2D eigenvalue weighted by Crippen LogP contribution is 2.41. The van der Waals surface area contributed by atoms with Crippen molar-refractivity contribution in [3.63, 3.8) is 0 Å². The summed E-state index contributed by atoms with van der Waals surface area (Å²) < 4.78 is 0. The second-order valence-electron chi connectivity index (χ2n) is 6.14. The molecule has 0 saturated heterocycles. The van der Waals surface area contributed by atoms with Crippen LogP contribution in [0.25, 0.3) is 0 Å². The Morgan fingerprint density at radius 1 is 1.14 bits per heavy atom. The van der Waals surface area contributed by atoms with Gasteiger partial charge in [-0.1, -0.05) is 42.5 Å². The Bertz CT molecular complexity index is 702. The van der Waals surface area contributed by atoms with Gasteiger partial charge in [-0.05, 0) is 60.9 Å². The quantitative estimate of drug-likeness (QED) is 0.928. The number of fused-ring (bicyclic) bond motifs is 1. The van der Waals surface area contributed by atoms with Crippen LogP contribution in [0.2, 0.25) is 0 Å². The summed E-state index contributed by atoms with van der Waals surface area (Å²) in [5.41, 5.74) is 4.99. The molecule has 3 rings (SSSR count). The fourth-order valence-corrected chi connectivity index (χ4v) is 3.43. The lowest BCUT2D eigenvalue weighted by Gasteiger charge is -2.26. The third-order valence-electron chi connectivity index (χ3n) is 4.84. The van der Waals surface area contributed by atoms with Gasteiger partial charge in [-0.15, -0.1) is 0 Å². The summed E-state index contributed by atoms with van der Waals surface area (Å²) in [5, 5.41) is 9.90. The highest BCUT2D eigenvalue weighted by Gasteiger charge is 2.45. The summed E-state index contributed by atoms with van der Waals surface area (Å²) in [6.45, 7) is 4.16. The minimum Gasteiger partial charge on any atom is -0.481 e. The lowest BCUT2D eigenvalue weighted by molar-refractivity contribution is -0.143. The van der Waals surface area contributed by atoms with E-state index in [0.717, 1.165) is 17.5 Å². The average molecular weight is 280 g/mol. The van der Waals surface area contributed by atoms with Crippen molar-refractivity contribution in [3.05, 3.63) is 70.3 Å². The molecule has 2 aromatic carbocycles. The van der Waals surface area contributed by atoms with Crippen molar-refractivity contribution in [3.8, 4) is 0 Å². The maximum atomic E-state index is 12.0. The van der Waals surface area contributed by atoms with Gasteiger partial charge in [0.1, 0.15) is 0 Å². The van der Waals surface area contributed by atoms with Crippen molar-refractivity contribution in [2.24, 2.45) is 0 Å². The summed E-state index contributed by atoms with van der Waals surface area (Å²) in [4.78, 5) is 12.0. The van der Waals surface area contributed by atoms with Crippen LogP contribution >= 0.6 is 0 Å². The van der Waals surface area contributed by atoms with Crippen LogP contribution in [0.5, 0.6) is 0 Å². The molecule has 0 saturated carbocycles. The van der Waals surface area contributed by atoms with Crippen molar-refractivity contribution < 1.29 is 9.90 Å². The third kappa shape index (κ3) is 2.25. The number of rotatable bonds is 3. The first-order valence-corrected chi connectivity index (χ1v) is 7.41. The molecule has 0 aromatic heterocycles. The van der Waals surface area contributed by atoms with E-state index in [4.69, 9.17) is 0 Å². The molecule has 2 aromatic rings. The summed E-state index contributed by atoms with van der Waals surface area (Å²) >= 11 is 0. The van der Waals surface area contributed by atoms with Gasteiger partial charge in [-0.2, -0.15) is 0 Å². The van der Waals surface area contributed by atoms with Gasteiger partial charge < -0.3 is 5.11 Å². The molecule has 1 atom stereocenters. The minimum absolute atomic E-state index is 0.570. The predicted octanol–water partition coefficient (Wildman–Crippen LogP) is 3.81. The van der Waals surface area contributed by atoms with E-state index in [1.54, 1.807) is 0 Å². The molecule has 1 aliphatic rings. The molecule has 0 bridgehead atoms. The number of aliphatic carboxylic acids is 1. The average Bonchev–Trinajstić information content (AvgIpc) is 2.84. The SMILES string of the molecule is Cc1ccc(CC2(C(=O)O)CCc3ccccc32)cc1C. The van der Waals surface area contributed by atoms with Crippen LogP contribution in [0.15, 0.2) is 42.5 Å². The maximum absolute atomic E-state index is 12.0. The molecule has 1 unspecified atom stereocenters. The molecule has 0 fully saturated rings. The lowest BCUT2D eigenvalue weighted by Crippen LogP contribution is -2.35. The van der Waals surface area contributed by atoms with Crippen molar-refractivity contribution in [1.82, 2.24) is 0 Å². The first kappa shape index (κ1) is 13.9. The first-order chi connectivity index (χ1) is 10.0. The van der Waals surface area contributed by atoms with E-state index in [2.05, 4.69) is 38.1 Å². The molecular formula is C19H20O2. The van der Waals surface area contributed by atoms with Gasteiger partial charge >= 0.3 is 5.97 Å². The van der Waals surface area contributed by atoms with Crippen molar-refractivity contribution in [1.29, 1.82) is 0 Å². The zero-order valence-electron chi connectivity index (χ0n) is 12.5. The summed E-state index contributed by atoms with van der Waals surface area (Å²) in [7, 11) is 0. The Balaban J connectivity index is 2.04. The molecule has 0 heterocycles. The number of hydrogen-bond acceptors (Lipinski definition) is 1. The van der Waals surface area contributed by atoms with Crippen molar-refractivity contribution >= 4 is 5.97 Å². The Morgan fingerprint density at radius 2 is 1.90 bits per heavy atom. The molecule has 108 valence electrons.